The van der Waals surface area contributed by atoms with Gasteiger partial charge in [0.15, 0.2) is 0 Å². The molecule has 0 spiro atoms. The zero-order valence-electron chi connectivity index (χ0n) is 7.20. The fourth-order valence-electron chi connectivity index (χ4n) is 0.956. The van der Waals surface area contributed by atoms with Gasteiger partial charge in [0.1, 0.15) is 0 Å². The number of hydrogen-bond acceptors (Lipinski definition) is 4. The molecular weight excluding hydrogens is 176 g/mol. The molecule has 1 heterocycles. The summed E-state index contributed by atoms with van der Waals surface area (Å²) in [4.78, 5) is 32.7. The summed E-state index contributed by atoms with van der Waals surface area (Å²) in [5.74, 6) is -0.809. The summed E-state index contributed by atoms with van der Waals surface area (Å²) in [6, 6.07) is 0. The quantitative estimate of drug-likeness (QED) is 0.606. The number of rotatable bonds is 2. The van der Waals surface area contributed by atoms with Gasteiger partial charge < -0.3 is 4.74 Å². The maximum Gasteiger partial charge on any atom is 0.426 e. The predicted octanol–water partition coefficient (Wildman–Crippen LogP) is -0.204. The van der Waals surface area contributed by atoms with Crippen LogP contribution in [0.3, 0.4) is 0 Å². The van der Waals surface area contributed by atoms with Gasteiger partial charge in [0, 0.05) is 12.8 Å². The minimum Gasteiger partial charge on any atom is -0.449 e. The number of nitrogens with zero attached hydrogens (tertiary/aromatic N) is 1. The summed E-state index contributed by atoms with van der Waals surface area (Å²) >= 11 is 0. The Labute approximate surface area is 74.8 Å². The summed E-state index contributed by atoms with van der Waals surface area (Å²) < 4.78 is 4.50. The Morgan fingerprint density at radius 3 is 2.46 bits per heavy atom. The van der Waals surface area contributed by atoms with E-state index < -0.39 is 17.9 Å². The van der Waals surface area contributed by atoms with E-state index in [-0.39, 0.29) is 19.4 Å². The average Bonchev–Trinajstić information content (AvgIpc) is 2.36. The highest BCUT2D eigenvalue weighted by Gasteiger charge is 2.30. The lowest BCUT2D eigenvalue weighted by molar-refractivity contribution is -0.141. The van der Waals surface area contributed by atoms with Crippen LogP contribution in [0.5, 0.6) is 0 Å². The van der Waals surface area contributed by atoms with Gasteiger partial charge in [-0.05, 0) is 6.92 Å². The molecule has 0 aromatic carbocycles. The zero-order chi connectivity index (χ0) is 9.84. The van der Waals surface area contributed by atoms with Crippen LogP contribution in [0.4, 0.5) is 4.79 Å². The first-order valence-corrected chi connectivity index (χ1v) is 3.94. The molecule has 13 heavy (non-hydrogen) atoms. The number of carbonyl (C=O) groups is 3. The number of hydrazine groups is 1. The Balaban J connectivity index is 2.48. The van der Waals surface area contributed by atoms with E-state index in [2.05, 4.69) is 10.2 Å². The van der Waals surface area contributed by atoms with Crippen molar-refractivity contribution in [1.82, 2.24) is 10.4 Å². The molecule has 0 bridgehead atoms. The van der Waals surface area contributed by atoms with Crippen LogP contribution in [0.25, 0.3) is 0 Å². The fourth-order valence-corrected chi connectivity index (χ4v) is 0.956. The molecule has 0 saturated carbocycles. The highest BCUT2D eigenvalue weighted by molar-refractivity contribution is 6.02. The first-order valence-electron chi connectivity index (χ1n) is 3.94. The van der Waals surface area contributed by atoms with Crippen molar-refractivity contribution in [2.75, 3.05) is 6.61 Å². The lowest BCUT2D eigenvalue weighted by Gasteiger charge is -2.13. The first-order chi connectivity index (χ1) is 6.15. The molecule has 0 aliphatic carbocycles. The topological polar surface area (TPSA) is 75.7 Å². The van der Waals surface area contributed by atoms with E-state index in [1.807, 2.05) is 0 Å². The summed E-state index contributed by atoms with van der Waals surface area (Å²) in [5.41, 5.74) is 2.05. The lowest BCUT2D eigenvalue weighted by Crippen LogP contribution is -2.45. The highest BCUT2D eigenvalue weighted by Crippen LogP contribution is 2.08. The van der Waals surface area contributed by atoms with Crippen molar-refractivity contribution < 1.29 is 19.1 Å². The van der Waals surface area contributed by atoms with Crippen LogP contribution in [0.1, 0.15) is 19.8 Å². The Bertz CT molecular complexity index is 235. The summed E-state index contributed by atoms with van der Waals surface area (Å²) in [5, 5.41) is 0.692. The molecule has 1 rings (SSSR count). The van der Waals surface area contributed by atoms with Crippen molar-refractivity contribution in [3.8, 4) is 0 Å². The van der Waals surface area contributed by atoms with Crippen molar-refractivity contribution in [3.05, 3.63) is 0 Å². The standard InChI is InChI=1S/C7H10N2O4/c1-2-13-7(12)8-9-5(10)3-4-6(9)11/h2-4H2,1H3,(H,8,12). The third-order valence-electron chi connectivity index (χ3n) is 1.53. The third-order valence-corrected chi connectivity index (χ3v) is 1.53. The van der Waals surface area contributed by atoms with Crippen molar-refractivity contribution in [3.63, 3.8) is 0 Å². The Morgan fingerprint density at radius 2 is 2.00 bits per heavy atom. The number of amides is 3. The largest absolute Gasteiger partial charge is 0.449 e. The molecule has 1 aliphatic heterocycles. The van der Waals surface area contributed by atoms with Gasteiger partial charge in [0.2, 0.25) is 11.8 Å². The number of carbonyl (C=O) groups excluding carboxylic acids is 3. The molecule has 1 N–H and O–H groups in total. The van der Waals surface area contributed by atoms with Crippen LogP contribution in [0, 0.1) is 0 Å². The molecule has 0 atom stereocenters. The SMILES string of the molecule is CCOC(=O)NN1C(=O)CCC1=O. The van der Waals surface area contributed by atoms with Crippen LogP contribution in [-0.2, 0) is 14.3 Å². The van der Waals surface area contributed by atoms with Crippen LogP contribution in [0.15, 0.2) is 0 Å². The highest BCUT2D eigenvalue weighted by atomic mass is 16.6. The van der Waals surface area contributed by atoms with Crippen LogP contribution in [-0.4, -0.2) is 29.5 Å². The van der Waals surface area contributed by atoms with Gasteiger partial charge in [-0.1, -0.05) is 0 Å². The number of ether oxygens (including phenoxy) is 1. The molecular formula is C7H10N2O4. The van der Waals surface area contributed by atoms with E-state index in [0.717, 1.165) is 0 Å². The van der Waals surface area contributed by atoms with Gasteiger partial charge in [0.25, 0.3) is 0 Å². The van der Waals surface area contributed by atoms with Gasteiger partial charge in [-0.25, -0.2) is 10.2 Å². The maximum atomic E-state index is 11.0. The van der Waals surface area contributed by atoms with Crippen LogP contribution >= 0.6 is 0 Å². The minimum atomic E-state index is -0.786. The molecule has 6 nitrogen and oxygen atoms in total. The van der Waals surface area contributed by atoms with Crippen LogP contribution in [0.2, 0.25) is 0 Å². The normalized spacial score (nSPS) is 16.2. The van der Waals surface area contributed by atoms with Gasteiger partial charge in [-0.2, -0.15) is 5.01 Å². The average molecular weight is 186 g/mol. The van der Waals surface area contributed by atoms with Gasteiger partial charge >= 0.3 is 6.09 Å². The molecule has 1 saturated heterocycles. The molecule has 72 valence electrons. The molecule has 1 fully saturated rings. The van der Waals surface area contributed by atoms with E-state index in [1.165, 1.54) is 0 Å². The Morgan fingerprint density at radius 1 is 1.46 bits per heavy atom. The third kappa shape index (κ3) is 2.17. The molecule has 0 radical (unpaired) electrons. The van der Waals surface area contributed by atoms with Crippen molar-refractivity contribution >= 4 is 17.9 Å². The van der Waals surface area contributed by atoms with E-state index in [9.17, 15) is 14.4 Å². The fraction of sp³-hybridized carbons (Fsp3) is 0.571. The summed E-state index contributed by atoms with van der Waals surface area (Å²) in [6.07, 6.45) is -0.498. The first kappa shape index (κ1) is 9.50. The van der Waals surface area contributed by atoms with E-state index in [4.69, 9.17) is 0 Å². The maximum absolute atomic E-state index is 11.0. The number of imide groups is 1. The second kappa shape index (κ2) is 3.88. The molecule has 0 aromatic rings. The lowest BCUT2D eigenvalue weighted by atomic mass is 10.4. The zero-order valence-corrected chi connectivity index (χ0v) is 7.20. The second-order valence-electron chi connectivity index (χ2n) is 2.46. The predicted molar refractivity (Wildman–Crippen MR) is 41.2 cm³/mol. The monoisotopic (exact) mass is 186 g/mol. The summed E-state index contributed by atoms with van der Waals surface area (Å²) in [6.45, 7) is 1.83. The summed E-state index contributed by atoms with van der Waals surface area (Å²) in [7, 11) is 0. The van der Waals surface area contributed by atoms with Crippen molar-refractivity contribution in [2.45, 2.75) is 19.8 Å². The minimum absolute atomic E-state index is 0.144. The van der Waals surface area contributed by atoms with E-state index in [0.29, 0.717) is 5.01 Å². The van der Waals surface area contributed by atoms with Crippen molar-refractivity contribution in [2.24, 2.45) is 0 Å². The molecule has 6 heteroatoms. The van der Waals surface area contributed by atoms with E-state index >= 15 is 0 Å². The number of hydrogen-bond donors (Lipinski definition) is 1. The molecule has 3 amide bonds. The Hall–Kier alpha value is -1.59. The van der Waals surface area contributed by atoms with Gasteiger partial charge in [0.05, 0.1) is 6.61 Å². The molecule has 1 aliphatic rings. The van der Waals surface area contributed by atoms with Crippen molar-refractivity contribution in [1.29, 1.82) is 0 Å². The van der Waals surface area contributed by atoms with E-state index in [1.54, 1.807) is 6.92 Å². The van der Waals surface area contributed by atoms with Crippen LogP contribution < -0.4 is 5.43 Å². The van der Waals surface area contributed by atoms with Gasteiger partial charge in [-0.15, -0.1) is 0 Å². The number of nitrogens with one attached hydrogen (secondary N) is 1. The smallest absolute Gasteiger partial charge is 0.426 e. The molecule has 0 unspecified atom stereocenters. The Kier molecular flexibility index (Phi) is 2.84. The van der Waals surface area contributed by atoms with Gasteiger partial charge in [-0.3, -0.25) is 9.59 Å². The second-order valence-corrected chi connectivity index (χ2v) is 2.46. The molecule has 0 aromatic heterocycles.